The molecule has 5 nitrogen and oxygen atoms in total. The predicted molar refractivity (Wildman–Crippen MR) is 82.0 cm³/mol. The van der Waals surface area contributed by atoms with Crippen molar-refractivity contribution >= 4 is 11.8 Å². The first-order chi connectivity index (χ1) is 9.08. The largest absolute Gasteiger partial charge is 0.355 e. The minimum Gasteiger partial charge on any atom is -0.355 e. The van der Waals surface area contributed by atoms with E-state index in [1.54, 1.807) is 0 Å². The average molecular weight is 265 g/mol. The molecule has 0 saturated heterocycles. The molecule has 1 aromatic heterocycles. The van der Waals surface area contributed by atoms with Crippen LogP contribution in [0.4, 0.5) is 11.8 Å². The smallest absolute Gasteiger partial charge is 0.224 e. The van der Waals surface area contributed by atoms with Gasteiger partial charge in [-0.3, -0.25) is 0 Å². The molecule has 1 heterocycles. The molecule has 1 rings (SSSR count). The Morgan fingerprint density at radius 1 is 1.16 bits per heavy atom. The van der Waals surface area contributed by atoms with Crippen LogP contribution in [0.5, 0.6) is 0 Å². The van der Waals surface area contributed by atoms with Crippen LogP contribution in [-0.2, 0) is 0 Å². The average Bonchev–Trinajstić information content (AvgIpc) is 2.37. The molecule has 0 aliphatic heterocycles. The van der Waals surface area contributed by atoms with E-state index in [0.717, 1.165) is 44.0 Å². The molecule has 5 heteroatoms. The Hall–Kier alpha value is -1.36. The van der Waals surface area contributed by atoms with Crippen LogP contribution in [0, 0.1) is 6.92 Å². The Bertz CT molecular complexity index is 378. The molecule has 0 atom stereocenters. The summed E-state index contributed by atoms with van der Waals surface area (Å²) in [6.45, 7) is 10.2. The van der Waals surface area contributed by atoms with E-state index in [0.29, 0.717) is 5.95 Å². The molecular weight excluding hydrogens is 238 g/mol. The topological polar surface area (TPSA) is 44.3 Å². The van der Waals surface area contributed by atoms with E-state index in [2.05, 4.69) is 60.0 Å². The molecule has 0 aliphatic rings. The van der Waals surface area contributed by atoms with E-state index in [4.69, 9.17) is 0 Å². The van der Waals surface area contributed by atoms with Crippen LogP contribution in [0.1, 0.15) is 25.8 Å². The van der Waals surface area contributed by atoms with Gasteiger partial charge in [0.05, 0.1) is 0 Å². The van der Waals surface area contributed by atoms with Crippen molar-refractivity contribution in [2.75, 3.05) is 50.5 Å². The molecule has 1 N–H and O–H groups in total. The van der Waals surface area contributed by atoms with Gasteiger partial charge in [0, 0.05) is 37.9 Å². The second kappa shape index (κ2) is 7.94. The molecule has 0 radical (unpaired) electrons. The molecule has 0 fully saturated rings. The van der Waals surface area contributed by atoms with Gasteiger partial charge in [0.25, 0.3) is 0 Å². The SMILES string of the molecule is CCCN(CCN(C)C)c1nc(NCC)ncc1C. The Morgan fingerprint density at radius 2 is 1.89 bits per heavy atom. The highest BCUT2D eigenvalue weighted by atomic mass is 15.2. The number of hydrogen-bond donors (Lipinski definition) is 1. The van der Waals surface area contributed by atoms with Crippen molar-refractivity contribution in [2.45, 2.75) is 27.2 Å². The van der Waals surface area contributed by atoms with E-state index in [9.17, 15) is 0 Å². The van der Waals surface area contributed by atoms with Gasteiger partial charge in [-0.05, 0) is 34.4 Å². The lowest BCUT2D eigenvalue weighted by atomic mass is 10.3. The minimum absolute atomic E-state index is 0.717. The molecule has 0 bridgehead atoms. The van der Waals surface area contributed by atoms with Gasteiger partial charge in [-0.1, -0.05) is 6.92 Å². The van der Waals surface area contributed by atoms with Gasteiger partial charge < -0.3 is 15.1 Å². The standard InChI is InChI=1S/C14H27N5/c1-6-8-19(10-9-18(4)5)13-12(3)11-16-14(17-13)15-7-2/h11H,6-10H2,1-5H3,(H,15,16,17). The van der Waals surface area contributed by atoms with Crippen LogP contribution in [-0.4, -0.2) is 55.1 Å². The van der Waals surface area contributed by atoms with E-state index < -0.39 is 0 Å². The number of rotatable bonds is 8. The Morgan fingerprint density at radius 3 is 2.47 bits per heavy atom. The van der Waals surface area contributed by atoms with Gasteiger partial charge in [-0.15, -0.1) is 0 Å². The lowest BCUT2D eigenvalue weighted by Gasteiger charge is -2.26. The number of nitrogens with zero attached hydrogens (tertiary/aromatic N) is 4. The quantitative estimate of drug-likeness (QED) is 0.779. The Balaban J connectivity index is 2.89. The van der Waals surface area contributed by atoms with Gasteiger partial charge in [0.1, 0.15) is 5.82 Å². The molecule has 0 spiro atoms. The number of nitrogens with one attached hydrogen (secondary N) is 1. The summed E-state index contributed by atoms with van der Waals surface area (Å²) in [6, 6.07) is 0. The maximum atomic E-state index is 4.64. The van der Waals surface area contributed by atoms with E-state index in [1.165, 1.54) is 0 Å². The van der Waals surface area contributed by atoms with Crippen LogP contribution < -0.4 is 10.2 Å². The monoisotopic (exact) mass is 265 g/mol. The second-order valence-electron chi connectivity index (χ2n) is 5.02. The van der Waals surface area contributed by atoms with Crippen molar-refractivity contribution in [1.82, 2.24) is 14.9 Å². The fourth-order valence-corrected chi connectivity index (χ4v) is 1.91. The predicted octanol–water partition coefficient (Wildman–Crippen LogP) is 1.99. The van der Waals surface area contributed by atoms with Crippen molar-refractivity contribution in [1.29, 1.82) is 0 Å². The number of hydrogen-bond acceptors (Lipinski definition) is 5. The van der Waals surface area contributed by atoms with E-state index >= 15 is 0 Å². The highest BCUT2D eigenvalue weighted by Crippen LogP contribution is 2.18. The van der Waals surface area contributed by atoms with Crippen LogP contribution in [0.2, 0.25) is 0 Å². The lowest BCUT2D eigenvalue weighted by molar-refractivity contribution is 0.412. The molecule has 0 aliphatic carbocycles. The first kappa shape index (κ1) is 15.7. The highest BCUT2D eigenvalue weighted by Gasteiger charge is 2.12. The van der Waals surface area contributed by atoms with Crippen LogP contribution in [0.25, 0.3) is 0 Å². The Labute approximate surface area is 117 Å². The molecule has 1 aromatic rings. The van der Waals surface area contributed by atoms with Crippen molar-refractivity contribution < 1.29 is 0 Å². The fraction of sp³-hybridized carbons (Fsp3) is 0.714. The maximum Gasteiger partial charge on any atom is 0.224 e. The first-order valence-corrected chi connectivity index (χ1v) is 7.05. The van der Waals surface area contributed by atoms with Crippen LogP contribution in [0.3, 0.4) is 0 Å². The molecule has 0 aromatic carbocycles. The molecule has 0 amide bonds. The van der Waals surface area contributed by atoms with Crippen molar-refractivity contribution in [3.8, 4) is 0 Å². The Kier molecular flexibility index (Phi) is 6.56. The summed E-state index contributed by atoms with van der Waals surface area (Å²) in [4.78, 5) is 13.5. The summed E-state index contributed by atoms with van der Waals surface area (Å²) in [7, 11) is 4.20. The second-order valence-corrected chi connectivity index (χ2v) is 5.02. The number of likely N-dealkylation sites (N-methyl/N-ethyl adjacent to an activating group) is 1. The minimum atomic E-state index is 0.717. The molecule has 0 saturated carbocycles. The van der Waals surface area contributed by atoms with Gasteiger partial charge in [-0.2, -0.15) is 4.98 Å². The lowest BCUT2D eigenvalue weighted by Crippen LogP contribution is -2.33. The van der Waals surface area contributed by atoms with Crippen LogP contribution in [0.15, 0.2) is 6.20 Å². The first-order valence-electron chi connectivity index (χ1n) is 7.05. The van der Waals surface area contributed by atoms with Gasteiger partial charge in [0.2, 0.25) is 5.95 Å². The molecule has 19 heavy (non-hydrogen) atoms. The molecular formula is C14H27N5. The van der Waals surface area contributed by atoms with E-state index in [-0.39, 0.29) is 0 Å². The third-order valence-corrected chi connectivity index (χ3v) is 2.89. The number of aromatic nitrogens is 2. The summed E-state index contributed by atoms with van der Waals surface area (Å²) >= 11 is 0. The zero-order valence-corrected chi connectivity index (χ0v) is 12.9. The fourth-order valence-electron chi connectivity index (χ4n) is 1.91. The third kappa shape index (κ3) is 5.03. The summed E-state index contributed by atoms with van der Waals surface area (Å²) in [6.07, 6.45) is 3.02. The molecule has 0 unspecified atom stereocenters. The maximum absolute atomic E-state index is 4.64. The number of aryl methyl sites for hydroxylation is 1. The summed E-state index contributed by atoms with van der Waals surface area (Å²) in [5.41, 5.74) is 1.13. The normalized spacial score (nSPS) is 10.8. The van der Waals surface area contributed by atoms with E-state index in [1.807, 2.05) is 6.20 Å². The summed E-state index contributed by atoms with van der Waals surface area (Å²) < 4.78 is 0. The summed E-state index contributed by atoms with van der Waals surface area (Å²) in [5, 5.41) is 3.18. The van der Waals surface area contributed by atoms with Crippen LogP contribution >= 0.6 is 0 Å². The highest BCUT2D eigenvalue weighted by molar-refractivity contribution is 5.48. The van der Waals surface area contributed by atoms with Gasteiger partial charge in [-0.25, -0.2) is 4.98 Å². The van der Waals surface area contributed by atoms with Gasteiger partial charge in [0.15, 0.2) is 0 Å². The van der Waals surface area contributed by atoms with Crippen molar-refractivity contribution in [3.63, 3.8) is 0 Å². The van der Waals surface area contributed by atoms with Crippen molar-refractivity contribution in [3.05, 3.63) is 11.8 Å². The molecule has 108 valence electrons. The van der Waals surface area contributed by atoms with Crippen molar-refractivity contribution in [2.24, 2.45) is 0 Å². The van der Waals surface area contributed by atoms with Gasteiger partial charge >= 0.3 is 0 Å². The zero-order chi connectivity index (χ0) is 14.3. The summed E-state index contributed by atoms with van der Waals surface area (Å²) in [5.74, 6) is 1.77. The number of anilines is 2. The third-order valence-electron chi connectivity index (χ3n) is 2.89. The zero-order valence-electron chi connectivity index (χ0n) is 12.9.